The van der Waals surface area contributed by atoms with Gasteiger partial charge in [0.05, 0.1) is 21.8 Å². The molecule has 0 radical (unpaired) electrons. The van der Waals surface area contributed by atoms with E-state index in [1.165, 1.54) is 18.2 Å². The molecule has 0 saturated heterocycles. The summed E-state index contributed by atoms with van der Waals surface area (Å²) in [5, 5.41) is 1.47. The molecule has 3 aromatic rings. The number of rotatable bonds is 12. The van der Waals surface area contributed by atoms with Crippen LogP contribution in [0.5, 0.6) is 0 Å². The number of hydroxylamine groups is 1. The molecule has 236 valence electrons. The molecule has 0 aromatic heterocycles. The van der Waals surface area contributed by atoms with E-state index >= 15 is 0 Å². The predicted molar refractivity (Wildman–Crippen MR) is 165 cm³/mol. The number of benzene rings is 3. The first kappa shape index (κ1) is 33.7. The molecule has 0 aliphatic heterocycles. The zero-order valence-corrected chi connectivity index (χ0v) is 26.3. The number of sulfone groups is 1. The number of amides is 1. The van der Waals surface area contributed by atoms with Crippen molar-refractivity contribution in [3.05, 3.63) is 106 Å². The molecule has 2 N–H and O–H groups in total. The van der Waals surface area contributed by atoms with Gasteiger partial charge in [0.15, 0.2) is 27.3 Å². The van der Waals surface area contributed by atoms with Crippen molar-refractivity contribution in [1.29, 1.82) is 0 Å². The molecule has 1 aliphatic carbocycles. The van der Waals surface area contributed by atoms with Crippen LogP contribution in [0, 0.1) is 41.1 Å². The van der Waals surface area contributed by atoms with Gasteiger partial charge in [0.2, 0.25) is 0 Å². The Morgan fingerprint density at radius 1 is 1.05 bits per heavy atom. The van der Waals surface area contributed by atoms with Gasteiger partial charge in [-0.2, -0.15) is 5.48 Å². The van der Waals surface area contributed by atoms with E-state index in [4.69, 9.17) is 16.4 Å². The van der Waals surface area contributed by atoms with Crippen LogP contribution < -0.4 is 10.8 Å². The standard InChI is InChI=1S/C33H36ClF3N2O4S/c1-20(22(3)19-43-38-18-23-7-5-4-6-8-23)9-11-24-12-10-21(2)32(24)44(41,42)30-15-25(13-14-27(30)34)33(40)39-26-16-28(35)31(37)29(36)17-26/h4-9,11,13-17,20-22,24,32,38H,10,12,18-19H2,1-3H3,(H,39,40)/t20?,21?,22?,24-,32?/m1/s1. The van der Waals surface area contributed by atoms with Crippen LogP contribution in [0.2, 0.25) is 5.02 Å². The second-order valence-electron chi connectivity index (χ2n) is 11.4. The minimum absolute atomic E-state index is 0.0376. The van der Waals surface area contributed by atoms with E-state index in [-0.39, 0.29) is 44.8 Å². The lowest BCUT2D eigenvalue weighted by molar-refractivity contribution is 0.00975. The smallest absolute Gasteiger partial charge is 0.255 e. The highest BCUT2D eigenvalue weighted by molar-refractivity contribution is 7.92. The Labute approximate surface area is 261 Å². The Kier molecular flexibility index (Phi) is 11.3. The molecule has 1 amide bonds. The highest BCUT2D eigenvalue weighted by Gasteiger charge is 2.43. The summed E-state index contributed by atoms with van der Waals surface area (Å²) >= 11 is 6.36. The quantitative estimate of drug-likeness (QED) is 0.0908. The first-order valence-corrected chi connectivity index (χ1v) is 16.4. The second-order valence-corrected chi connectivity index (χ2v) is 13.9. The van der Waals surface area contributed by atoms with Crippen molar-refractivity contribution in [2.45, 2.75) is 50.3 Å². The van der Waals surface area contributed by atoms with Crippen LogP contribution in [-0.2, 0) is 21.2 Å². The van der Waals surface area contributed by atoms with E-state index in [2.05, 4.69) is 24.6 Å². The second kappa shape index (κ2) is 14.7. The highest BCUT2D eigenvalue weighted by Crippen LogP contribution is 2.41. The monoisotopic (exact) mass is 648 g/mol. The third-order valence-corrected chi connectivity index (χ3v) is 11.1. The van der Waals surface area contributed by atoms with E-state index in [1.807, 2.05) is 49.4 Å². The van der Waals surface area contributed by atoms with E-state index < -0.39 is 38.4 Å². The largest absolute Gasteiger partial charge is 0.322 e. The summed E-state index contributed by atoms with van der Waals surface area (Å²) < 4.78 is 68.5. The molecule has 0 spiro atoms. The first-order valence-electron chi connectivity index (χ1n) is 14.4. The molecule has 44 heavy (non-hydrogen) atoms. The third-order valence-electron chi connectivity index (χ3n) is 8.16. The lowest BCUT2D eigenvalue weighted by Gasteiger charge is -2.23. The molecule has 6 nitrogen and oxygen atoms in total. The first-order chi connectivity index (χ1) is 20.9. The van der Waals surface area contributed by atoms with E-state index in [0.29, 0.717) is 38.1 Å². The zero-order valence-electron chi connectivity index (χ0n) is 24.7. The van der Waals surface area contributed by atoms with Gasteiger partial charge in [-0.1, -0.05) is 74.9 Å². The van der Waals surface area contributed by atoms with Gasteiger partial charge < -0.3 is 10.2 Å². The number of allylic oxidation sites excluding steroid dienone is 2. The average Bonchev–Trinajstić information content (AvgIpc) is 3.38. The van der Waals surface area contributed by atoms with Crippen molar-refractivity contribution in [2.24, 2.45) is 23.7 Å². The van der Waals surface area contributed by atoms with Crippen LogP contribution in [0.25, 0.3) is 0 Å². The lowest BCUT2D eigenvalue weighted by atomic mass is 9.94. The van der Waals surface area contributed by atoms with E-state index in [9.17, 15) is 26.4 Å². The number of hydrogen-bond donors (Lipinski definition) is 2. The fourth-order valence-corrected chi connectivity index (χ4v) is 8.17. The van der Waals surface area contributed by atoms with E-state index in [0.717, 1.165) is 5.56 Å². The lowest BCUT2D eigenvalue weighted by Crippen LogP contribution is -2.30. The molecule has 4 unspecified atom stereocenters. The molecular formula is C33H36ClF3N2O4S. The van der Waals surface area contributed by atoms with Crippen molar-refractivity contribution in [3.63, 3.8) is 0 Å². The summed E-state index contributed by atoms with van der Waals surface area (Å²) in [5.41, 5.74) is 3.69. The molecule has 1 saturated carbocycles. The van der Waals surface area contributed by atoms with E-state index in [1.54, 1.807) is 0 Å². The van der Waals surface area contributed by atoms with Crippen molar-refractivity contribution in [1.82, 2.24) is 5.48 Å². The van der Waals surface area contributed by atoms with Gasteiger partial charge in [-0.05, 0) is 60.3 Å². The molecule has 1 fully saturated rings. The summed E-state index contributed by atoms with van der Waals surface area (Å²) in [7, 11) is -4.00. The molecule has 11 heteroatoms. The molecule has 1 aliphatic rings. The van der Waals surface area contributed by atoms with Crippen LogP contribution in [0.4, 0.5) is 18.9 Å². The summed E-state index contributed by atoms with van der Waals surface area (Å²) in [5.74, 6) is -5.57. The van der Waals surface area contributed by atoms with Crippen LogP contribution >= 0.6 is 11.6 Å². The SMILES string of the molecule is CC(C=C[C@@H]1CCC(C)C1S(=O)(=O)c1cc(C(=O)Nc2cc(F)c(F)c(F)c2)ccc1Cl)C(C)CONCc1ccccc1. The Bertz CT molecular complexity index is 1580. The maximum atomic E-state index is 14.0. The van der Waals surface area contributed by atoms with Crippen molar-refractivity contribution >= 4 is 33.0 Å². The Morgan fingerprint density at radius 2 is 1.73 bits per heavy atom. The topological polar surface area (TPSA) is 84.5 Å². The van der Waals surface area contributed by atoms with Crippen LogP contribution in [-0.4, -0.2) is 26.2 Å². The molecule has 0 heterocycles. The number of hydrogen-bond acceptors (Lipinski definition) is 5. The van der Waals surface area contributed by atoms with Crippen molar-refractivity contribution in [2.75, 3.05) is 11.9 Å². The summed E-state index contributed by atoms with van der Waals surface area (Å²) in [6.45, 7) is 7.07. The molecule has 0 bridgehead atoms. The predicted octanol–water partition coefficient (Wildman–Crippen LogP) is 7.75. The number of anilines is 1. The highest BCUT2D eigenvalue weighted by atomic mass is 35.5. The van der Waals surface area contributed by atoms with Gasteiger partial charge >= 0.3 is 0 Å². The third kappa shape index (κ3) is 8.10. The number of carbonyl (C=O) groups is 1. The van der Waals surface area contributed by atoms with Crippen molar-refractivity contribution in [3.8, 4) is 0 Å². The zero-order chi connectivity index (χ0) is 32.0. The molecule has 5 atom stereocenters. The van der Waals surface area contributed by atoms with Gasteiger partial charge in [-0.3, -0.25) is 4.79 Å². The number of nitrogens with one attached hydrogen (secondary N) is 2. The van der Waals surface area contributed by atoms with Crippen LogP contribution in [0.1, 0.15) is 49.5 Å². The van der Waals surface area contributed by atoms with Gasteiger partial charge in [0.25, 0.3) is 5.91 Å². The van der Waals surface area contributed by atoms with Gasteiger partial charge in [-0.25, -0.2) is 21.6 Å². The minimum Gasteiger partial charge on any atom is -0.322 e. The van der Waals surface area contributed by atoms with Gasteiger partial charge in [0, 0.05) is 29.9 Å². The Hall–Kier alpha value is -3.18. The Morgan fingerprint density at radius 3 is 2.41 bits per heavy atom. The van der Waals surface area contributed by atoms with Crippen LogP contribution in [0.15, 0.2) is 77.7 Å². The molecular weight excluding hydrogens is 613 g/mol. The maximum Gasteiger partial charge on any atom is 0.255 e. The maximum absolute atomic E-state index is 14.0. The number of carbonyl (C=O) groups excluding carboxylic acids is 1. The van der Waals surface area contributed by atoms with Crippen LogP contribution in [0.3, 0.4) is 0 Å². The van der Waals surface area contributed by atoms with Gasteiger partial charge in [-0.15, -0.1) is 0 Å². The average molecular weight is 649 g/mol. The Balaban J connectivity index is 1.44. The fourth-order valence-electron chi connectivity index (χ4n) is 5.37. The van der Waals surface area contributed by atoms with Crippen molar-refractivity contribution < 1.29 is 31.2 Å². The number of halogens is 4. The molecule has 4 rings (SSSR count). The summed E-state index contributed by atoms with van der Waals surface area (Å²) in [4.78, 5) is 18.3. The molecule has 3 aromatic carbocycles. The summed E-state index contributed by atoms with van der Waals surface area (Å²) in [6, 6.07) is 15.0. The summed E-state index contributed by atoms with van der Waals surface area (Å²) in [6.07, 6.45) is 5.38. The minimum atomic E-state index is -4.00. The normalized spacial score (nSPS) is 20.1. The van der Waals surface area contributed by atoms with Gasteiger partial charge in [0.1, 0.15) is 0 Å². The fraction of sp³-hybridized carbons (Fsp3) is 0.364.